The van der Waals surface area contributed by atoms with Gasteiger partial charge in [0.15, 0.2) is 20.5 Å². The third-order valence-corrected chi connectivity index (χ3v) is 14.3. The van der Waals surface area contributed by atoms with Crippen molar-refractivity contribution in [2.45, 2.75) is 153 Å². The summed E-state index contributed by atoms with van der Waals surface area (Å²) in [6, 6.07) is 3.66. The van der Waals surface area contributed by atoms with E-state index in [2.05, 4.69) is 23.3 Å². The molecule has 0 aromatic carbocycles. The summed E-state index contributed by atoms with van der Waals surface area (Å²) in [4.78, 5) is 26.7. The number of sulfone groups is 1. The molecule has 1 saturated carbocycles. The zero-order valence-electron chi connectivity index (χ0n) is 30.3. The van der Waals surface area contributed by atoms with Crippen LogP contribution in [0.3, 0.4) is 0 Å². The van der Waals surface area contributed by atoms with E-state index in [1.165, 1.54) is 64.2 Å². The smallest absolute Gasteiger partial charge is 0.346 e. The summed E-state index contributed by atoms with van der Waals surface area (Å²) in [5, 5.41) is 13.5. The molecule has 2 aliphatic rings. The van der Waals surface area contributed by atoms with Crippen molar-refractivity contribution in [2.75, 3.05) is 23.4 Å². The molecule has 3 heterocycles. The molecule has 1 saturated heterocycles. The topological polar surface area (TPSA) is 170 Å². The molecule has 12 nitrogen and oxygen atoms in total. The van der Waals surface area contributed by atoms with E-state index in [0.717, 1.165) is 19.3 Å². The van der Waals surface area contributed by atoms with Gasteiger partial charge in [0.2, 0.25) is 6.79 Å². The third kappa shape index (κ3) is 13.5. The highest BCUT2D eigenvalue weighted by molar-refractivity contribution is 7.97. The SMILES string of the molecule is CCCCCCCCCCCCCCCCC(=O)OCOP(=O)(O)CS(=O)(=O)C[C@@H]1CC[C@H](n2ccc3c(NC4CC(F)C4)c(C#N)c(Cl)nc32)O1. The molecule has 2 aromatic rings. The van der Waals surface area contributed by atoms with Gasteiger partial charge in [0.25, 0.3) is 0 Å². The van der Waals surface area contributed by atoms with Crippen molar-refractivity contribution in [3.8, 4) is 6.07 Å². The van der Waals surface area contributed by atoms with Crippen molar-refractivity contribution in [1.82, 2.24) is 9.55 Å². The number of ether oxygens (including phenoxy) is 2. The summed E-state index contributed by atoms with van der Waals surface area (Å²) in [5.74, 6) is -1.08. The second-order valence-corrected chi connectivity index (χ2v) is 19.0. The molecule has 0 radical (unpaired) electrons. The first kappa shape index (κ1) is 42.5. The normalized spacial score (nSPS) is 21.4. The molecule has 16 heteroatoms. The minimum absolute atomic E-state index is 0.0233. The maximum atomic E-state index is 13.4. The minimum atomic E-state index is -4.62. The van der Waals surface area contributed by atoms with E-state index in [0.29, 0.717) is 48.8 Å². The second kappa shape index (κ2) is 21.0. The highest BCUT2D eigenvalue weighted by Gasteiger charge is 2.36. The minimum Gasteiger partial charge on any atom is -0.438 e. The number of hydrogen-bond acceptors (Lipinski definition) is 10. The molecule has 2 N–H and O–H groups in total. The predicted molar refractivity (Wildman–Crippen MR) is 200 cm³/mol. The number of carbonyl (C=O) groups is 1. The van der Waals surface area contributed by atoms with Crippen molar-refractivity contribution >= 4 is 51.7 Å². The fraction of sp³-hybridized carbons (Fsp3) is 0.750. The van der Waals surface area contributed by atoms with E-state index in [1.807, 2.05) is 0 Å². The number of hydrogen-bond donors (Lipinski definition) is 2. The Morgan fingerprint density at radius 1 is 1.10 bits per heavy atom. The molecule has 2 fully saturated rings. The van der Waals surface area contributed by atoms with Crippen molar-refractivity contribution in [2.24, 2.45) is 0 Å². The van der Waals surface area contributed by atoms with Crippen molar-refractivity contribution < 1.29 is 41.1 Å². The maximum Gasteiger partial charge on any atom is 0.346 e. The molecule has 1 aliphatic heterocycles. The number of rotatable bonds is 25. The van der Waals surface area contributed by atoms with E-state index in [1.54, 1.807) is 16.8 Å². The number of unbranched alkanes of at least 4 members (excludes halogenated alkanes) is 13. The average Bonchev–Trinajstić information content (AvgIpc) is 3.69. The van der Waals surface area contributed by atoms with Gasteiger partial charge in [-0.3, -0.25) is 13.9 Å². The van der Waals surface area contributed by atoms with Gasteiger partial charge in [0, 0.05) is 24.0 Å². The molecule has 4 rings (SSSR count). The fourth-order valence-electron chi connectivity index (χ4n) is 6.84. The van der Waals surface area contributed by atoms with E-state index < -0.39 is 59.9 Å². The van der Waals surface area contributed by atoms with Gasteiger partial charge in [-0.2, -0.15) is 5.26 Å². The number of esters is 1. The fourth-order valence-corrected chi connectivity index (χ4v) is 10.8. The molecule has 0 spiro atoms. The Kier molecular flexibility index (Phi) is 17.1. The molecule has 52 heavy (non-hydrogen) atoms. The number of aromatic nitrogens is 2. The number of nitrogens with one attached hydrogen (secondary N) is 1. The van der Waals surface area contributed by atoms with Gasteiger partial charge in [-0.05, 0) is 38.2 Å². The van der Waals surface area contributed by atoms with Crippen LogP contribution in [-0.2, 0) is 33.2 Å². The van der Waals surface area contributed by atoms with Gasteiger partial charge in [0.1, 0.15) is 29.7 Å². The number of alkyl halides is 1. The van der Waals surface area contributed by atoms with Crippen molar-refractivity contribution in [1.29, 1.82) is 5.26 Å². The van der Waals surface area contributed by atoms with Crippen LogP contribution in [0.4, 0.5) is 10.1 Å². The molecule has 292 valence electrons. The van der Waals surface area contributed by atoms with Gasteiger partial charge < -0.3 is 24.3 Å². The van der Waals surface area contributed by atoms with Crippen molar-refractivity contribution in [3.63, 3.8) is 0 Å². The Labute approximate surface area is 312 Å². The van der Waals surface area contributed by atoms with Crippen LogP contribution < -0.4 is 5.32 Å². The summed E-state index contributed by atoms with van der Waals surface area (Å²) in [5.41, 5.74) is -0.105. The zero-order valence-corrected chi connectivity index (χ0v) is 32.7. The number of nitrogens with zero attached hydrogens (tertiary/aromatic N) is 3. The Morgan fingerprint density at radius 2 is 1.71 bits per heavy atom. The van der Waals surface area contributed by atoms with Gasteiger partial charge >= 0.3 is 13.6 Å². The second-order valence-electron chi connectivity index (χ2n) is 14.2. The molecular weight excluding hydrogens is 734 g/mol. The summed E-state index contributed by atoms with van der Waals surface area (Å²) >= 11 is 6.35. The quantitative estimate of drug-likeness (QED) is 0.0323. The van der Waals surface area contributed by atoms with Gasteiger partial charge in [-0.25, -0.2) is 17.8 Å². The van der Waals surface area contributed by atoms with Crippen LogP contribution in [0.25, 0.3) is 11.0 Å². The van der Waals surface area contributed by atoms with Gasteiger partial charge in [-0.1, -0.05) is 102 Å². The lowest BCUT2D eigenvalue weighted by Gasteiger charge is -2.31. The first-order valence-electron chi connectivity index (χ1n) is 18.9. The number of carbonyl (C=O) groups excluding carboxylic acids is 1. The van der Waals surface area contributed by atoms with Crippen LogP contribution >= 0.6 is 19.2 Å². The van der Waals surface area contributed by atoms with Gasteiger partial charge in [0.05, 0.1) is 17.5 Å². The van der Waals surface area contributed by atoms with Crippen LogP contribution in [0.2, 0.25) is 5.15 Å². The Morgan fingerprint density at radius 3 is 2.31 bits per heavy atom. The Balaban J connectivity index is 1.12. The number of halogens is 2. The number of nitriles is 1. The molecular formula is C36H55ClFN4O8PS. The van der Waals surface area contributed by atoms with Crippen LogP contribution in [0.5, 0.6) is 0 Å². The summed E-state index contributed by atoms with van der Waals surface area (Å²) in [6.45, 7) is 1.43. The lowest BCUT2D eigenvalue weighted by Crippen LogP contribution is -2.36. The third-order valence-electron chi connectivity index (χ3n) is 9.76. The first-order valence-corrected chi connectivity index (χ1v) is 22.9. The molecule has 1 unspecified atom stereocenters. The lowest BCUT2D eigenvalue weighted by molar-refractivity contribution is -0.150. The van der Waals surface area contributed by atoms with E-state index in [-0.39, 0.29) is 23.2 Å². The standard InChI is InChI=1S/C36H55ClFN4O8PS/c1-2-3-4-5-6-7-8-9-10-11-12-13-14-15-16-33(43)48-25-49-51(44,45)26-52(46,47)24-29-17-18-32(50-29)42-20-19-30-34(40-28-21-27(38)22-28)31(23-39)35(37)41-36(30)42/h19-20,27-29,32H,2-18,21-22,24-26H2,1H3,(H,40,41)(H,44,45)/t27?,28?,29-,32+/m0/s1. The Hall–Kier alpha value is -2.27. The van der Waals surface area contributed by atoms with Gasteiger partial charge in [-0.15, -0.1) is 0 Å². The van der Waals surface area contributed by atoms with Crippen LogP contribution in [0, 0.1) is 11.3 Å². The molecule has 0 bridgehead atoms. The summed E-state index contributed by atoms with van der Waals surface area (Å²) < 4.78 is 69.2. The molecule has 1 aliphatic carbocycles. The molecule has 0 amide bonds. The van der Waals surface area contributed by atoms with E-state index in [4.69, 9.17) is 25.6 Å². The lowest BCUT2D eigenvalue weighted by atomic mass is 9.90. The number of fused-ring (bicyclic) bond motifs is 1. The number of anilines is 1. The predicted octanol–water partition coefficient (Wildman–Crippen LogP) is 9.10. The van der Waals surface area contributed by atoms with Crippen LogP contribution in [0.1, 0.15) is 141 Å². The van der Waals surface area contributed by atoms with Crippen LogP contribution in [-0.4, -0.2) is 65.2 Å². The molecule has 2 aromatic heterocycles. The average molecular weight is 789 g/mol. The first-order chi connectivity index (χ1) is 24.9. The zero-order chi connectivity index (χ0) is 37.6. The monoisotopic (exact) mass is 788 g/mol. The maximum absolute atomic E-state index is 13.4. The number of pyridine rings is 1. The molecule has 3 atom stereocenters. The van der Waals surface area contributed by atoms with E-state index >= 15 is 0 Å². The van der Waals surface area contributed by atoms with E-state index in [9.17, 15) is 32.3 Å². The summed E-state index contributed by atoms with van der Waals surface area (Å²) in [7, 11) is -8.73. The van der Waals surface area contributed by atoms with Crippen LogP contribution in [0.15, 0.2) is 12.3 Å². The summed E-state index contributed by atoms with van der Waals surface area (Å²) in [6.07, 6.45) is 17.8. The highest BCUT2D eigenvalue weighted by Crippen LogP contribution is 2.44. The highest BCUT2D eigenvalue weighted by atomic mass is 35.5. The van der Waals surface area contributed by atoms with Crippen molar-refractivity contribution in [3.05, 3.63) is 23.0 Å². The Bertz CT molecular complexity index is 1650. The largest absolute Gasteiger partial charge is 0.438 e.